The Bertz CT molecular complexity index is 727. The predicted molar refractivity (Wildman–Crippen MR) is 74.2 cm³/mol. The van der Waals surface area contributed by atoms with Gasteiger partial charge in [0.05, 0.1) is 21.3 Å². The highest BCUT2D eigenvalue weighted by atomic mass is 79.9. The van der Waals surface area contributed by atoms with Crippen molar-refractivity contribution in [2.24, 2.45) is 0 Å². The molecular weight excluding hydrogens is 373 g/mol. The summed E-state index contributed by atoms with van der Waals surface area (Å²) in [6.07, 6.45) is -3.32. The number of halogens is 5. The maximum absolute atomic E-state index is 12.6. The molecule has 0 aliphatic heterocycles. The van der Waals surface area contributed by atoms with Gasteiger partial charge in [0, 0.05) is 0 Å². The zero-order valence-corrected chi connectivity index (χ0v) is 12.4. The molecule has 1 aromatic carbocycles. The molecular formula is C12H5BrClF3N4. The summed E-state index contributed by atoms with van der Waals surface area (Å²) < 4.78 is 38.2. The van der Waals surface area contributed by atoms with E-state index < -0.39 is 11.7 Å². The Labute approximate surface area is 130 Å². The molecule has 0 fully saturated rings. The lowest BCUT2D eigenvalue weighted by Gasteiger charge is -2.12. The molecule has 0 aliphatic carbocycles. The zero-order valence-electron chi connectivity index (χ0n) is 10.0. The summed E-state index contributed by atoms with van der Waals surface area (Å²) in [5.74, 6) is 0.242. The van der Waals surface area contributed by atoms with Crippen LogP contribution in [0.1, 0.15) is 11.1 Å². The highest BCUT2D eigenvalue weighted by Crippen LogP contribution is 2.34. The fraction of sp³-hybridized carbons (Fsp3) is 0.0833. The van der Waals surface area contributed by atoms with Crippen LogP contribution in [-0.2, 0) is 6.18 Å². The number of aromatic nitrogens is 2. The number of hydrogen-bond donors (Lipinski definition) is 1. The molecule has 0 saturated carbocycles. The first-order valence-electron chi connectivity index (χ1n) is 5.37. The van der Waals surface area contributed by atoms with E-state index in [9.17, 15) is 13.2 Å². The van der Waals surface area contributed by atoms with Crippen LogP contribution < -0.4 is 5.32 Å². The van der Waals surface area contributed by atoms with Crippen molar-refractivity contribution in [1.82, 2.24) is 9.97 Å². The van der Waals surface area contributed by atoms with E-state index in [0.717, 1.165) is 18.2 Å². The van der Waals surface area contributed by atoms with Crippen LogP contribution in [0.3, 0.4) is 0 Å². The zero-order chi connectivity index (χ0) is 15.6. The Morgan fingerprint density at radius 1 is 1.29 bits per heavy atom. The van der Waals surface area contributed by atoms with E-state index in [2.05, 4.69) is 31.2 Å². The summed E-state index contributed by atoms with van der Waals surface area (Å²) in [6, 6.07) is 4.50. The van der Waals surface area contributed by atoms with Crippen molar-refractivity contribution in [1.29, 1.82) is 5.26 Å². The van der Waals surface area contributed by atoms with Crippen molar-refractivity contribution in [3.8, 4) is 6.07 Å². The minimum atomic E-state index is -4.51. The average Bonchev–Trinajstić information content (AvgIpc) is 2.43. The van der Waals surface area contributed by atoms with Crippen LogP contribution in [0.25, 0.3) is 0 Å². The molecule has 0 bridgehead atoms. The fourth-order valence-corrected chi connectivity index (χ4v) is 1.92. The molecule has 2 aromatic rings. The molecule has 1 N–H and O–H groups in total. The molecule has 0 radical (unpaired) electrons. The number of nitrogens with zero attached hydrogens (tertiary/aromatic N) is 3. The number of benzene rings is 1. The molecule has 1 heterocycles. The van der Waals surface area contributed by atoms with Gasteiger partial charge in [0.1, 0.15) is 23.4 Å². The smallest absolute Gasteiger partial charge is 0.338 e. The summed E-state index contributed by atoms with van der Waals surface area (Å²) in [5, 5.41) is 11.9. The first-order valence-corrected chi connectivity index (χ1v) is 6.54. The van der Waals surface area contributed by atoms with Crippen LogP contribution in [0.15, 0.2) is 29.0 Å². The van der Waals surface area contributed by atoms with Crippen LogP contribution in [-0.4, -0.2) is 9.97 Å². The highest BCUT2D eigenvalue weighted by molar-refractivity contribution is 9.10. The summed E-state index contributed by atoms with van der Waals surface area (Å²) in [5.41, 5.74) is -0.878. The van der Waals surface area contributed by atoms with Crippen LogP contribution in [0.5, 0.6) is 0 Å². The Hall–Kier alpha value is -1.85. The topological polar surface area (TPSA) is 61.6 Å². The Kier molecular flexibility index (Phi) is 4.34. The monoisotopic (exact) mass is 376 g/mol. The third kappa shape index (κ3) is 3.43. The second kappa shape index (κ2) is 5.87. The predicted octanol–water partition coefficient (Wildman–Crippen LogP) is 4.53. The van der Waals surface area contributed by atoms with Gasteiger partial charge in [-0.1, -0.05) is 11.6 Å². The van der Waals surface area contributed by atoms with E-state index in [1.165, 1.54) is 6.33 Å². The van der Waals surface area contributed by atoms with Gasteiger partial charge in [-0.3, -0.25) is 0 Å². The van der Waals surface area contributed by atoms with Crippen molar-refractivity contribution in [3.05, 3.63) is 45.3 Å². The molecule has 9 heteroatoms. The lowest BCUT2D eigenvalue weighted by molar-refractivity contribution is -0.137. The fourth-order valence-electron chi connectivity index (χ4n) is 1.49. The molecule has 4 nitrogen and oxygen atoms in total. The number of nitrogens with one attached hydrogen (secondary N) is 1. The third-order valence-electron chi connectivity index (χ3n) is 2.47. The van der Waals surface area contributed by atoms with Crippen molar-refractivity contribution in [2.75, 3.05) is 5.32 Å². The maximum Gasteiger partial charge on any atom is 0.416 e. The van der Waals surface area contributed by atoms with E-state index in [1.54, 1.807) is 6.07 Å². The second-order valence-electron chi connectivity index (χ2n) is 3.82. The van der Waals surface area contributed by atoms with E-state index in [0.29, 0.717) is 4.47 Å². The number of hydrogen-bond acceptors (Lipinski definition) is 4. The SMILES string of the molecule is N#Cc1cc(C(F)(F)F)ccc1Nc1ncnc(Cl)c1Br. The highest BCUT2D eigenvalue weighted by Gasteiger charge is 2.31. The van der Waals surface area contributed by atoms with E-state index >= 15 is 0 Å². The molecule has 0 amide bonds. The minimum Gasteiger partial charge on any atom is -0.338 e. The Balaban J connectivity index is 2.42. The number of nitriles is 1. The molecule has 0 unspecified atom stereocenters. The molecule has 21 heavy (non-hydrogen) atoms. The minimum absolute atomic E-state index is 0.137. The van der Waals surface area contributed by atoms with Crippen molar-refractivity contribution < 1.29 is 13.2 Å². The standard InChI is InChI=1S/C12H5BrClF3N4/c13-9-10(14)19-5-20-11(9)21-8-2-1-7(12(15,16)17)3-6(8)4-18/h1-3,5H,(H,19,20,21). The van der Waals surface area contributed by atoms with E-state index in [-0.39, 0.29) is 22.2 Å². The summed E-state index contributed by atoms with van der Waals surface area (Å²) >= 11 is 8.94. The van der Waals surface area contributed by atoms with E-state index in [1.807, 2.05) is 0 Å². The lowest BCUT2D eigenvalue weighted by Crippen LogP contribution is -2.06. The van der Waals surface area contributed by atoms with E-state index in [4.69, 9.17) is 16.9 Å². The van der Waals surface area contributed by atoms with Crippen molar-refractivity contribution >= 4 is 39.0 Å². The molecule has 108 valence electrons. The molecule has 0 spiro atoms. The van der Waals surface area contributed by atoms with Crippen LogP contribution >= 0.6 is 27.5 Å². The van der Waals surface area contributed by atoms with Gasteiger partial charge in [-0.15, -0.1) is 0 Å². The summed E-state index contributed by atoms with van der Waals surface area (Å²) in [7, 11) is 0. The van der Waals surface area contributed by atoms with Crippen LogP contribution in [0, 0.1) is 11.3 Å². The normalized spacial score (nSPS) is 11.0. The van der Waals surface area contributed by atoms with Gasteiger partial charge in [-0.2, -0.15) is 18.4 Å². The van der Waals surface area contributed by atoms with Gasteiger partial charge < -0.3 is 5.32 Å². The second-order valence-corrected chi connectivity index (χ2v) is 4.97. The summed E-state index contributed by atoms with van der Waals surface area (Å²) in [6.45, 7) is 0. The van der Waals surface area contributed by atoms with Crippen LogP contribution in [0.2, 0.25) is 5.15 Å². The molecule has 0 saturated heterocycles. The Morgan fingerprint density at radius 2 is 2.00 bits per heavy atom. The molecule has 1 aromatic heterocycles. The van der Waals surface area contributed by atoms with Crippen LogP contribution in [0.4, 0.5) is 24.7 Å². The summed E-state index contributed by atoms with van der Waals surface area (Å²) in [4.78, 5) is 7.62. The largest absolute Gasteiger partial charge is 0.416 e. The number of rotatable bonds is 2. The number of anilines is 2. The van der Waals surface area contributed by atoms with Crippen molar-refractivity contribution in [3.63, 3.8) is 0 Å². The van der Waals surface area contributed by atoms with Gasteiger partial charge in [-0.05, 0) is 34.1 Å². The van der Waals surface area contributed by atoms with Crippen molar-refractivity contribution in [2.45, 2.75) is 6.18 Å². The average molecular weight is 378 g/mol. The lowest BCUT2D eigenvalue weighted by atomic mass is 10.1. The van der Waals surface area contributed by atoms with Gasteiger partial charge in [-0.25, -0.2) is 9.97 Å². The van der Waals surface area contributed by atoms with Gasteiger partial charge in [0.25, 0.3) is 0 Å². The molecule has 0 aliphatic rings. The number of alkyl halides is 3. The first kappa shape index (κ1) is 15.5. The molecule has 2 rings (SSSR count). The maximum atomic E-state index is 12.6. The van der Waals surface area contributed by atoms with Gasteiger partial charge in [0.15, 0.2) is 0 Å². The third-order valence-corrected chi connectivity index (χ3v) is 3.73. The quantitative estimate of drug-likeness (QED) is 0.781. The molecule has 0 atom stereocenters. The van der Waals surface area contributed by atoms with Gasteiger partial charge >= 0.3 is 6.18 Å². The van der Waals surface area contributed by atoms with Gasteiger partial charge in [0.2, 0.25) is 0 Å². The first-order chi connectivity index (χ1) is 9.82. The Morgan fingerprint density at radius 3 is 2.62 bits per heavy atom.